The summed E-state index contributed by atoms with van der Waals surface area (Å²) in [5.41, 5.74) is 3.96. The number of pyridine rings is 1. The van der Waals surface area contributed by atoms with E-state index in [4.69, 9.17) is 0 Å². The molecule has 128 valence electrons. The molecule has 2 fully saturated rings. The van der Waals surface area contributed by atoms with Gasteiger partial charge in [0.25, 0.3) is 0 Å². The van der Waals surface area contributed by atoms with E-state index in [1.165, 1.54) is 51.4 Å². The lowest BCUT2D eigenvalue weighted by Gasteiger charge is -2.22. The topological polar surface area (TPSA) is 12.9 Å². The van der Waals surface area contributed by atoms with Gasteiger partial charge in [0.15, 0.2) is 0 Å². The van der Waals surface area contributed by atoms with Crippen molar-refractivity contribution in [2.24, 2.45) is 11.8 Å². The molecule has 0 radical (unpaired) electrons. The number of hydrogen-bond donors (Lipinski definition) is 0. The van der Waals surface area contributed by atoms with Gasteiger partial charge in [-0.1, -0.05) is 48.9 Å². The third-order valence-electron chi connectivity index (χ3n) is 6.63. The number of benzene rings is 2. The molecule has 2 heteroatoms. The van der Waals surface area contributed by atoms with Crippen molar-refractivity contribution in [2.75, 3.05) is 0 Å². The van der Waals surface area contributed by atoms with Crippen molar-refractivity contribution in [3.05, 3.63) is 66.4 Å². The van der Waals surface area contributed by atoms with Crippen molar-refractivity contribution in [2.45, 2.75) is 31.6 Å². The summed E-state index contributed by atoms with van der Waals surface area (Å²) in [6.45, 7) is 0. The van der Waals surface area contributed by atoms with E-state index in [1.807, 2.05) is 23.6 Å². The molecule has 1 nitrogen and oxygen atoms in total. The van der Waals surface area contributed by atoms with Gasteiger partial charge in [0.2, 0.25) is 0 Å². The summed E-state index contributed by atoms with van der Waals surface area (Å²) in [5.74, 6) is 2.69. The molecule has 2 aromatic heterocycles. The van der Waals surface area contributed by atoms with Gasteiger partial charge in [-0.3, -0.25) is 4.98 Å². The van der Waals surface area contributed by atoms with Crippen LogP contribution in [-0.4, -0.2) is 4.98 Å². The predicted octanol–water partition coefficient (Wildman–Crippen LogP) is 7.02. The molecule has 26 heavy (non-hydrogen) atoms. The number of hydrogen-bond acceptors (Lipinski definition) is 2. The van der Waals surface area contributed by atoms with E-state index in [2.05, 4.69) is 53.5 Å². The Morgan fingerprint density at radius 1 is 0.808 bits per heavy atom. The summed E-state index contributed by atoms with van der Waals surface area (Å²) < 4.78 is 2.90. The second kappa shape index (κ2) is 5.65. The second-order valence-corrected chi connectivity index (χ2v) is 9.03. The number of nitrogens with zero attached hydrogens (tertiary/aromatic N) is 1. The zero-order valence-electron chi connectivity index (χ0n) is 14.7. The number of thiophene rings is 1. The third kappa shape index (κ3) is 2.12. The Balaban J connectivity index is 1.60. The second-order valence-electron chi connectivity index (χ2n) is 8.00. The van der Waals surface area contributed by atoms with Crippen LogP contribution in [0.2, 0.25) is 0 Å². The van der Waals surface area contributed by atoms with Gasteiger partial charge in [-0.15, -0.1) is 11.3 Å². The molecular formula is C24H21NS. The first kappa shape index (κ1) is 14.9. The van der Waals surface area contributed by atoms with Crippen LogP contribution >= 0.6 is 11.3 Å². The normalized spacial score (nSPS) is 24.7. The highest BCUT2D eigenvalue weighted by molar-refractivity contribution is 7.26. The fraction of sp³-hybridized carbons (Fsp3) is 0.292. The molecule has 2 heterocycles. The average Bonchev–Trinajstić information content (AvgIpc) is 3.42. The van der Waals surface area contributed by atoms with Gasteiger partial charge in [-0.25, -0.2) is 0 Å². The van der Waals surface area contributed by atoms with E-state index in [0.717, 1.165) is 23.4 Å². The Morgan fingerprint density at radius 3 is 2.46 bits per heavy atom. The van der Waals surface area contributed by atoms with Gasteiger partial charge in [0.05, 0.1) is 5.69 Å². The first-order chi connectivity index (χ1) is 12.9. The van der Waals surface area contributed by atoms with Gasteiger partial charge in [-0.2, -0.15) is 0 Å². The smallest absolute Gasteiger partial charge is 0.0716 e. The summed E-state index contributed by atoms with van der Waals surface area (Å²) in [5, 5.41) is 2.82. The van der Waals surface area contributed by atoms with Gasteiger partial charge in [0, 0.05) is 31.9 Å². The maximum absolute atomic E-state index is 4.61. The largest absolute Gasteiger partial charge is 0.256 e. The molecule has 0 amide bonds. The molecule has 0 aliphatic heterocycles. The fourth-order valence-corrected chi connectivity index (χ4v) is 6.88. The van der Waals surface area contributed by atoms with Crippen molar-refractivity contribution in [1.29, 1.82) is 0 Å². The van der Waals surface area contributed by atoms with E-state index in [-0.39, 0.29) is 0 Å². The van der Waals surface area contributed by atoms with Gasteiger partial charge < -0.3 is 0 Å². The van der Waals surface area contributed by atoms with Crippen molar-refractivity contribution in [1.82, 2.24) is 4.98 Å². The Morgan fingerprint density at radius 2 is 1.69 bits per heavy atom. The Hall–Kier alpha value is -2.19. The molecule has 0 saturated heterocycles. The Bertz CT molecular complexity index is 1110. The molecule has 2 aromatic carbocycles. The Kier molecular flexibility index (Phi) is 3.25. The molecule has 2 aliphatic rings. The highest BCUT2D eigenvalue weighted by Gasteiger charge is 2.40. The van der Waals surface area contributed by atoms with E-state index in [9.17, 15) is 0 Å². The van der Waals surface area contributed by atoms with Gasteiger partial charge >= 0.3 is 0 Å². The monoisotopic (exact) mass is 355 g/mol. The van der Waals surface area contributed by atoms with Crippen molar-refractivity contribution in [3.8, 4) is 11.3 Å². The fourth-order valence-electron chi connectivity index (χ4n) is 5.48. The first-order valence-electron chi connectivity index (χ1n) is 9.74. The molecule has 4 aromatic rings. The molecule has 3 atom stereocenters. The van der Waals surface area contributed by atoms with Gasteiger partial charge in [0.1, 0.15) is 0 Å². The van der Waals surface area contributed by atoms with Crippen LogP contribution in [0.25, 0.3) is 31.4 Å². The molecule has 2 bridgehead atoms. The van der Waals surface area contributed by atoms with Crippen LogP contribution in [0.4, 0.5) is 0 Å². The Labute approximate surface area is 157 Å². The summed E-state index contributed by atoms with van der Waals surface area (Å²) in [6.07, 6.45) is 7.67. The van der Waals surface area contributed by atoms with Crippen LogP contribution in [0.3, 0.4) is 0 Å². The van der Waals surface area contributed by atoms with Crippen LogP contribution in [0.5, 0.6) is 0 Å². The van der Waals surface area contributed by atoms with Crippen LogP contribution in [-0.2, 0) is 0 Å². The molecule has 0 N–H and O–H groups in total. The SMILES string of the molecule is c1ccc(-c2cccc3c2sc2c(C4CC5CCC4C5)cccc23)nc1. The minimum Gasteiger partial charge on any atom is -0.256 e. The minimum absolute atomic E-state index is 0.781. The van der Waals surface area contributed by atoms with Crippen molar-refractivity contribution >= 4 is 31.5 Å². The zero-order chi connectivity index (χ0) is 17.1. The predicted molar refractivity (Wildman–Crippen MR) is 111 cm³/mol. The average molecular weight is 356 g/mol. The molecule has 6 rings (SSSR count). The van der Waals surface area contributed by atoms with Crippen molar-refractivity contribution < 1.29 is 0 Å². The van der Waals surface area contributed by atoms with Crippen molar-refractivity contribution in [3.63, 3.8) is 0 Å². The van der Waals surface area contributed by atoms with Crippen LogP contribution in [0.15, 0.2) is 60.8 Å². The highest BCUT2D eigenvalue weighted by Crippen LogP contribution is 2.55. The summed E-state index contributed by atoms with van der Waals surface area (Å²) in [4.78, 5) is 4.61. The number of fused-ring (bicyclic) bond motifs is 5. The zero-order valence-corrected chi connectivity index (χ0v) is 15.5. The summed E-state index contributed by atoms with van der Waals surface area (Å²) >= 11 is 1.98. The lowest BCUT2D eigenvalue weighted by atomic mass is 9.83. The lowest BCUT2D eigenvalue weighted by Crippen LogP contribution is -2.08. The molecule has 0 spiro atoms. The van der Waals surface area contributed by atoms with Crippen LogP contribution < -0.4 is 0 Å². The third-order valence-corrected chi connectivity index (χ3v) is 7.94. The molecule has 2 aliphatic carbocycles. The highest BCUT2D eigenvalue weighted by atomic mass is 32.1. The van der Waals surface area contributed by atoms with Gasteiger partial charge in [-0.05, 0) is 54.7 Å². The molecule has 2 saturated carbocycles. The minimum atomic E-state index is 0.781. The van der Waals surface area contributed by atoms with E-state index >= 15 is 0 Å². The summed E-state index contributed by atoms with van der Waals surface area (Å²) in [6, 6.07) is 19.9. The van der Waals surface area contributed by atoms with E-state index in [0.29, 0.717) is 0 Å². The summed E-state index contributed by atoms with van der Waals surface area (Å²) in [7, 11) is 0. The lowest BCUT2D eigenvalue weighted by molar-refractivity contribution is 0.422. The van der Waals surface area contributed by atoms with E-state index in [1.54, 1.807) is 5.56 Å². The quantitative estimate of drug-likeness (QED) is 0.376. The first-order valence-corrected chi connectivity index (χ1v) is 10.6. The molecular weight excluding hydrogens is 334 g/mol. The molecule has 3 unspecified atom stereocenters. The number of rotatable bonds is 2. The standard InChI is InChI=1S/C24H21NS/c1-2-12-25-22(9-1)20-8-4-6-18-17-5-3-7-19(23(17)26-24(18)20)21-14-15-10-11-16(21)13-15/h1-9,12,15-16,21H,10-11,13-14H2. The van der Waals surface area contributed by atoms with Crippen LogP contribution in [0, 0.1) is 11.8 Å². The maximum atomic E-state index is 4.61. The van der Waals surface area contributed by atoms with E-state index < -0.39 is 0 Å². The number of aromatic nitrogens is 1. The maximum Gasteiger partial charge on any atom is 0.0716 e. The van der Waals surface area contributed by atoms with Crippen LogP contribution in [0.1, 0.15) is 37.2 Å².